The van der Waals surface area contributed by atoms with Gasteiger partial charge < -0.3 is 0 Å². The van der Waals surface area contributed by atoms with Crippen molar-refractivity contribution in [2.24, 2.45) is 0 Å². The quantitative estimate of drug-likeness (QED) is 0.509. The summed E-state index contributed by atoms with van der Waals surface area (Å²) in [5, 5.41) is 1.40. The van der Waals surface area contributed by atoms with Gasteiger partial charge in [-0.1, -0.05) is 6.08 Å². The Morgan fingerprint density at radius 1 is 1.71 bits per heavy atom. The largest absolute Gasteiger partial charge is 0.150 e. The zero-order valence-electron chi connectivity index (χ0n) is 4.90. The lowest BCUT2D eigenvalue weighted by molar-refractivity contribution is 1.34. The first-order valence-electron chi connectivity index (χ1n) is 2.31. The lowest BCUT2D eigenvalue weighted by Gasteiger charge is -1.96. The molecule has 0 saturated heterocycles. The second-order valence-electron chi connectivity index (χ2n) is 1.51. The van der Waals surface area contributed by atoms with E-state index in [0.717, 1.165) is 5.75 Å². The minimum Gasteiger partial charge on any atom is -0.150 e. The number of thioether (sulfide) groups is 1. The van der Waals surface area contributed by atoms with Crippen LogP contribution < -0.4 is 0 Å². The molecule has 1 heteroatoms. The van der Waals surface area contributed by atoms with Crippen LogP contribution in [-0.4, -0.2) is 5.75 Å². The highest BCUT2D eigenvalue weighted by Crippen LogP contribution is 2.15. The molecule has 0 saturated carbocycles. The molecule has 0 heterocycles. The molecule has 1 radical (unpaired) electrons. The van der Waals surface area contributed by atoms with Crippen LogP contribution in [0.1, 0.15) is 13.8 Å². The fourth-order valence-corrected chi connectivity index (χ4v) is 0.677. The van der Waals surface area contributed by atoms with Crippen LogP contribution in [0.15, 0.2) is 12.7 Å². The predicted molar refractivity (Wildman–Crippen MR) is 37.2 cm³/mol. The Morgan fingerprint density at radius 2 is 2.29 bits per heavy atom. The Balaban J connectivity index is 2.81. The molecule has 0 fully saturated rings. The fraction of sp³-hybridized carbons (Fsp3) is 0.500. The molecule has 0 amide bonds. The van der Waals surface area contributed by atoms with Gasteiger partial charge >= 0.3 is 0 Å². The summed E-state index contributed by atoms with van der Waals surface area (Å²) in [5.74, 6) is 1.04. The average Bonchev–Trinajstić information content (AvgIpc) is 1.61. The summed E-state index contributed by atoms with van der Waals surface area (Å²) in [6, 6.07) is 0. The third-order valence-electron chi connectivity index (χ3n) is 0.490. The van der Waals surface area contributed by atoms with E-state index >= 15 is 0 Å². The van der Waals surface area contributed by atoms with Crippen molar-refractivity contribution in [3.63, 3.8) is 0 Å². The van der Waals surface area contributed by atoms with E-state index in [0.29, 0.717) is 0 Å². The van der Waals surface area contributed by atoms with Crippen molar-refractivity contribution in [3.05, 3.63) is 17.9 Å². The van der Waals surface area contributed by atoms with E-state index in [1.165, 1.54) is 5.25 Å². The molecule has 0 aliphatic carbocycles. The number of hydrogen-bond donors (Lipinski definition) is 0. The molecule has 0 atom stereocenters. The van der Waals surface area contributed by atoms with Gasteiger partial charge in [-0.25, -0.2) is 0 Å². The molecule has 7 heavy (non-hydrogen) atoms. The maximum Gasteiger partial charge on any atom is 0.0248 e. The van der Waals surface area contributed by atoms with Gasteiger partial charge in [0.1, 0.15) is 0 Å². The maximum absolute atomic E-state index is 3.60. The Bertz CT molecular complexity index is 48.1. The van der Waals surface area contributed by atoms with E-state index < -0.39 is 0 Å². The molecule has 0 aliphatic rings. The van der Waals surface area contributed by atoms with Crippen LogP contribution >= 0.6 is 11.8 Å². The average molecular weight is 115 g/mol. The third-order valence-corrected chi connectivity index (χ3v) is 1.47. The van der Waals surface area contributed by atoms with Gasteiger partial charge in [0.2, 0.25) is 0 Å². The van der Waals surface area contributed by atoms with Gasteiger partial charge in [-0.05, 0) is 13.8 Å². The second-order valence-corrected chi connectivity index (χ2v) is 2.95. The third kappa shape index (κ3) is 6.09. The summed E-state index contributed by atoms with van der Waals surface area (Å²) in [7, 11) is 0. The summed E-state index contributed by atoms with van der Waals surface area (Å²) in [5.41, 5.74) is 0. The molecule has 0 rings (SSSR count). The van der Waals surface area contributed by atoms with Gasteiger partial charge in [-0.3, -0.25) is 0 Å². The summed E-state index contributed by atoms with van der Waals surface area (Å²) >= 11 is 1.83. The van der Waals surface area contributed by atoms with Crippen molar-refractivity contribution in [2.75, 3.05) is 5.75 Å². The van der Waals surface area contributed by atoms with Crippen molar-refractivity contribution < 1.29 is 0 Å². The van der Waals surface area contributed by atoms with Gasteiger partial charge in [-0.15, -0.1) is 6.58 Å². The normalized spacial score (nSPS) is 9.57. The van der Waals surface area contributed by atoms with Crippen LogP contribution in [0, 0.1) is 5.25 Å². The Kier molecular flexibility index (Phi) is 4.31. The smallest absolute Gasteiger partial charge is 0.0248 e. The van der Waals surface area contributed by atoms with E-state index in [1.54, 1.807) is 0 Å². The van der Waals surface area contributed by atoms with E-state index in [4.69, 9.17) is 0 Å². The first-order chi connectivity index (χ1) is 3.27. The van der Waals surface area contributed by atoms with E-state index in [-0.39, 0.29) is 0 Å². The molecule has 0 unspecified atom stereocenters. The molecule has 0 nitrogen and oxygen atoms in total. The highest BCUT2D eigenvalue weighted by Gasteiger charge is 1.88. The molecular formula is C6H11S. The Morgan fingerprint density at radius 3 is 2.43 bits per heavy atom. The molecule has 41 valence electrons. The van der Waals surface area contributed by atoms with Gasteiger partial charge in [0.25, 0.3) is 0 Å². The minimum absolute atomic E-state index is 1.04. The van der Waals surface area contributed by atoms with Gasteiger partial charge in [0.05, 0.1) is 0 Å². The van der Waals surface area contributed by atoms with Crippen LogP contribution in [0.25, 0.3) is 0 Å². The lowest BCUT2D eigenvalue weighted by Crippen LogP contribution is -1.74. The van der Waals surface area contributed by atoms with Crippen molar-refractivity contribution >= 4 is 11.8 Å². The maximum atomic E-state index is 3.60. The standard InChI is InChI=1S/C6H11S/c1-4-5-7-6(2)3/h4H,1,5H2,2-3H3. The summed E-state index contributed by atoms with van der Waals surface area (Å²) in [6.45, 7) is 7.81. The summed E-state index contributed by atoms with van der Waals surface area (Å²) in [6.07, 6.45) is 1.91. The zero-order chi connectivity index (χ0) is 5.70. The summed E-state index contributed by atoms with van der Waals surface area (Å²) < 4.78 is 0. The number of rotatable bonds is 3. The van der Waals surface area contributed by atoms with Crippen LogP contribution in [0.3, 0.4) is 0 Å². The monoisotopic (exact) mass is 115 g/mol. The van der Waals surface area contributed by atoms with Gasteiger partial charge in [0, 0.05) is 11.0 Å². The van der Waals surface area contributed by atoms with Crippen molar-refractivity contribution in [1.29, 1.82) is 0 Å². The highest BCUT2D eigenvalue weighted by molar-refractivity contribution is 8.02. The van der Waals surface area contributed by atoms with Crippen molar-refractivity contribution in [1.82, 2.24) is 0 Å². The molecule has 0 bridgehead atoms. The van der Waals surface area contributed by atoms with E-state index in [2.05, 4.69) is 20.4 Å². The minimum atomic E-state index is 1.04. The van der Waals surface area contributed by atoms with Crippen LogP contribution in [0.4, 0.5) is 0 Å². The second kappa shape index (κ2) is 4.25. The van der Waals surface area contributed by atoms with Crippen LogP contribution in [-0.2, 0) is 0 Å². The van der Waals surface area contributed by atoms with Crippen LogP contribution in [0.5, 0.6) is 0 Å². The highest BCUT2D eigenvalue weighted by atomic mass is 32.2. The topological polar surface area (TPSA) is 0 Å². The SMILES string of the molecule is C=CCS[C](C)C. The first-order valence-corrected chi connectivity index (χ1v) is 3.29. The Labute approximate surface area is 50.0 Å². The fourth-order valence-electron chi connectivity index (χ4n) is 0.226. The molecule has 0 spiro atoms. The number of hydrogen-bond acceptors (Lipinski definition) is 1. The van der Waals surface area contributed by atoms with Crippen molar-refractivity contribution in [3.8, 4) is 0 Å². The molecule has 0 aliphatic heterocycles. The Hall–Kier alpha value is 0.0900. The van der Waals surface area contributed by atoms with Gasteiger partial charge in [-0.2, -0.15) is 11.8 Å². The molecule has 0 aromatic carbocycles. The predicted octanol–water partition coefficient (Wildman–Crippen LogP) is 2.48. The molecule has 0 N–H and O–H groups in total. The van der Waals surface area contributed by atoms with Crippen LogP contribution in [0.2, 0.25) is 0 Å². The van der Waals surface area contributed by atoms with Crippen molar-refractivity contribution in [2.45, 2.75) is 13.8 Å². The molecule has 0 aromatic rings. The van der Waals surface area contributed by atoms with Gasteiger partial charge in [0.15, 0.2) is 0 Å². The molecular weight excluding hydrogens is 104 g/mol. The molecule has 0 aromatic heterocycles. The first kappa shape index (κ1) is 7.09. The summed E-state index contributed by atoms with van der Waals surface area (Å²) in [4.78, 5) is 0. The van der Waals surface area contributed by atoms with E-state index in [9.17, 15) is 0 Å². The zero-order valence-corrected chi connectivity index (χ0v) is 5.72. The lowest BCUT2D eigenvalue weighted by atomic mass is 10.6. The van der Waals surface area contributed by atoms with E-state index in [1.807, 2.05) is 17.8 Å².